The maximum Gasteiger partial charge on any atom is 0.219 e. The van der Waals surface area contributed by atoms with E-state index < -0.39 is 0 Å². The van der Waals surface area contributed by atoms with Gasteiger partial charge in [0.25, 0.3) is 0 Å². The van der Waals surface area contributed by atoms with Gasteiger partial charge >= 0.3 is 0 Å². The quantitative estimate of drug-likeness (QED) is 0.757. The zero-order valence-electron chi connectivity index (χ0n) is 10.6. The van der Waals surface area contributed by atoms with E-state index in [2.05, 4.69) is 18.0 Å². The van der Waals surface area contributed by atoms with Crippen molar-refractivity contribution in [3.8, 4) is 11.6 Å². The van der Waals surface area contributed by atoms with Crippen molar-refractivity contribution >= 4 is 11.6 Å². The molecule has 0 atom stereocenters. The Hall–Kier alpha value is -1.54. The molecule has 0 amide bonds. The van der Waals surface area contributed by atoms with Gasteiger partial charge in [-0.25, -0.2) is 4.98 Å². The first kappa shape index (κ1) is 12.9. The van der Waals surface area contributed by atoms with E-state index in [9.17, 15) is 0 Å². The SMILES string of the molecule is CCc1cccc(Oc2cc(CCl)cc(C)n2)c1. The highest BCUT2D eigenvalue weighted by molar-refractivity contribution is 6.17. The van der Waals surface area contributed by atoms with Crippen molar-refractivity contribution in [2.24, 2.45) is 0 Å². The molecule has 0 radical (unpaired) electrons. The van der Waals surface area contributed by atoms with Crippen molar-refractivity contribution < 1.29 is 4.74 Å². The number of benzene rings is 1. The summed E-state index contributed by atoms with van der Waals surface area (Å²) in [4.78, 5) is 4.35. The van der Waals surface area contributed by atoms with E-state index in [0.29, 0.717) is 11.8 Å². The van der Waals surface area contributed by atoms with Crippen LogP contribution in [0.2, 0.25) is 0 Å². The lowest BCUT2D eigenvalue weighted by Gasteiger charge is -2.08. The monoisotopic (exact) mass is 261 g/mol. The van der Waals surface area contributed by atoms with E-state index in [1.54, 1.807) is 0 Å². The zero-order chi connectivity index (χ0) is 13.0. The number of ether oxygens (including phenoxy) is 1. The van der Waals surface area contributed by atoms with E-state index in [1.807, 2.05) is 37.3 Å². The Labute approximate surface area is 113 Å². The van der Waals surface area contributed by atoms with Crippen LogP contribution in [0.25, 0.3) is 0 Å². The Morgan fingerprint density at radius 1 is 1.17 bits per heavy atom. The Morgan fingerprint density at radius 2 is 2.00 bits per heavy atom. The first-order valence-electron chi connectivity index (χ1n) is 6.01. The highest BCUT2D eigenvalue weighted by Gasteiger charge is 2.03. The molecule has 94 valence electrons. The summed E-state index contributed by atoms with van der Waals surface area (Å²) in [5, 5.41) is 0. The first-order chi connectivity index (χ1) is 8.71. The average Bonchev–Trinajstić information content (AvgIpc) is 2.38. The highest BCUT2D eigenvalue weighted by Crippen LogP contribution is 2.22. The van der Waals surface area contributed by atoms with Gasteiger partial charge in [-0.1, -0.05) is 19.1 Å². The first-order valence-corrected chi connectivity index (χ1v) is 6.55. The summed E-state index contributed by atoms with van der Waals surface area (Å²) in [5.74, 6) is 1.88. The molecule has 18 heavy (non-hydrogen) atoms. The number of aryl methyl sites for hydroxylation is 2. The smallest absolute Gasteiger partial charge is 0.219 e. The lowest BCUT2D eigenvalue weighted by molar-refractivity contribution is 0.460. The number of alkyl halides is 1. The summed E-state index contributed by atoms with van der Waals surface area (Å²) < 4.78 is 5.77. The standard InChI is InChI=1S/C15H16ClNO/c1-3-12-5-4-6-14(8-12)18-15-9-13(10-16)7-11(2)17-15/h4-9H,3,10H2,1-2H3. The maximum absolute atomic E-state index is 5.84. The summed E-state index contributed by atoms with van der Waals surface area (Å²) in [6.07, 6.45) is 0.991. The minimum atomic E-state index is 0.467. The van der Waals surface area contributed by atoms with E-state index >= 15 is 0 Å². The van der Waals surface area contributed by atoms with E-state index in [0.717, 1.165) is 23.4 Å². The van der Waals surface area contributed by atoms with Crippen molar-refractivity contribution in [2.45, 2.75) is 26.1 Å². The Kier molecular flexibility index (Phi) is 4.21. The Balaban J connectivity index is 2.24. The van der Waals surface area contributed by atoms with Gasteiger partial charge < -0.3 is 4.74 Å². The molecule has 2 rings (SSSR count). The van der Waals surface area contributed by atoms with Gasteiger partial charge in [-0.05, 0) is 42.7 Å². The van der Waals surface area contributed by atoms with Crippen molar-refractivity contribution in [3.05, 3.63) is 53.2 Å². The fraction of sp³-hybridized carbons (Fsp3) is 0.267. The molecule has 2 nitrogen and oxygen atoms in total. The van der Waals surface area contributed by atoms with E-state index in [1.165, 1.54) is 5.56 Å². The maximum atomic E-state index is 5.84. The Morgan fingerprint density at radius 3 is 2.72 bits per heavy atom. The van der Waals surface area contributed by atoms with Crippen molar-refractivity contribution in [2.75, 3.05) is 0 Å². The lowest BCUT2D eigenvalue weighted by atomic mass is 10.2. The molecular weight excluding hydrogens is 246 g/mol. The number of aromatic nitrogens is 1. The highest BCUT2D eigenvalue weighted by atomic mass is 35.5. The second kappa shape index (κ2) is 5.87. The van der Waals surface area contributed by atoms with Crippen LogP contribution in [0.5, 0.6) is 11.6 Å². The number of nitrogens with zero attached hydrogens (tertiary/aromatic N) is 1. The molecule has 1 heterocycles. The van der Waals surface area contributed by atoms with Crippen LogP contribution in [0.15, 0.2) is 36.4 Å². The van der Waals surface area contributed by atoms with Gasteiger partial charge in [0.2, 0.25) is 5.88 Å². The molecular formula is C15H16ClNO. The minimum absolute atomic E-state index is 0.467. The molecule has 0 aliphatic rings. The zero-order valence-corrected chi connectivity index (χ0v) is 11.4. The number of halogens is 1. The molecule has 0 fully saturated rings. The second-order valence-corrected chi connectivity index (χ2v) is 4.46. The third-order valence-electron chi connectivity index (χ3n) is 2.67. The van der Waals surface area contributed by atoms with Gasteiger partial charge in [0.05, 0.1) is 0 Å². The normalized spacial score (nSPS) is 10.4. The molecule has 1 aromatic heterocycles. The molecule has 0 N–H and O–H groups in total. The Bertz CT molecular complexity index is 540. The topological polar surface area (TPSA) is 22.1 Å². The van der Waals surface area contributed by atoms with Gasteiger partial charge in [0.15, 0.2) is 0 Å². The molecule has 0 aliphatic carbocycles. The summed E-state index contributed by atoms with van der Waals surface area (Å²) in [6.45, 7) is 4.06. The fourth-order valence-electron chi connectivity index (χ4n) is 1.79. The van der Waals surface area contributed by atoms with Gasteiger partial charge in [0, 0.05) is 17.6 Å². The van der Waals surface area contributed by atoms with Crippen LogP contribution in [0.1, 0.15) is 23.7 Å². The minimum Gasteiger partial charge on any atom is -0.439 e. The van der Waals surface area contributed by atoms with E-state index in [-0.39, 0.29) is 0 Å². The van der Waals surface area contributed by atoms with Crippen LogP contribution >= 0.6 is 11.6 Å². The van der Waals surface area contributed by atoms with Gasteiger partial charge in [0.1, 0.15) is 5.75 Å². The third-order valence-corrected chi connectivity index (χ3v) is 2.98. The molecule has 0 unspecified atom stereocenters. The number of hydrogen-bond donors (Lipinski definition) is 0. The van der Waals surface area contributed by atoms with Crippen LogP contribution < -0.4 is 4.74 Å². The van der Waals surface area contributed by atoms with Crippen LogP contribution in [-0.4, -0.2) is 4.98 Å². The largest absolute Gasteiger partial charge is 0.439 e. The van der Waals surface area contributed by atoms with Crippen LogP contribution in [-0.2, 0) is 12.3 Å². The summed E-state index contributed by atoms with van der Waals surface area (Å²) >= 11 is 5.84. The second-order valence-electron chi connectivity index (χ2n) is 4.19. The van der Waals surface area contributed by atoms with E-state index in [4.69, 9.17) is 16.3 Å². The van der Waals surface area contributed by atoms with Gasteiger partial charge in [-0.15, -0.1) is 11.6 Å². The van der Waals surface area contributed by atoms with Crippen LogP contribution in [0.3, 0.4) is 0 Å². The number of rotatable bonds is 4. The summed E-state index contributed by atoms with van der Waals surface area (Å²) in [7, 11) is 0. The average molecular weight is 262 g/mol. The molecule has 1 aromatic carbocycles. The van der Waals surface area contributed by atoms with Crippen molar-refractivity contribution in [1.29, 1.82) is 0 Å². The predicted octanol–water partition coefficient (Wildman–Crippen LogP) is 4.48. The molecule has 2 aromatic rings. The number of hydrogen-bond acceptors (Lipinski definition) is 2. The molecule has 0 saturated heterocycles. The van der Waals surface area contributed by atoms with Crippen molar-refractivity contribution in [3.63, 3.8) is 0 Å². The molecule has 0 saturated carbocycles. The summed E-state index contributed by atoms with van der Waals surface area (Å²) in [6, 6.07) is 11.9. The predicted molar refractivity (Wildman–Crippen MR) is 74.4 cm³/mol. The molecule has 0 spiro atoms. The van der Waals surface area contributed by atoms with Gasteiger partial charge in [-0.3, -0.25) is 0 Å². The fourth-order valence-corrected chi connectivity index (χ4v) is 1.94. The molecule has 0 aliphatic heterocycles. The lowest BCUT2D eigenvalue weighted by Crippen LogP contribution is -1.93. The molecule has 0 bridgehead atoms. The third kappa shape index (κ3) is 3.23. The van der Waals surface area contributed by atoms with Crippen LogP contribution in [0, 0.1) is 6.92 Å². The van der Waals surface area contributed by atoms with Crippen LogP contribution in [0.4, 0.5) is 0 Å². The van der Waals surface area contributed by atoms with Gasteiger partial charge in [-0.2, -0.15) is 0 Å². The van der Waals surface area contributed by atoms with Crippen molar-refractivity contribution in [1.82, 2.24) is 4.98 Å². The molecule has 3 heteroatoms. The number of pyridine rings is 1. The summed E-state index contributed by atoms with van der Waals surface area (Å²) in [5.41, 5.74) is 3.18.